The summed E-state index contributed by atoms with van der Waals surface area (Å²) in [5, 5.41) is 12.3. The Morgan fingerprint density at radius 3 is 2.94 bits per heavy atom. The van der Waals surface area contributed by atoms with Crippen molar-refractivity contribution in [1.82, 2.24) is 0 Å². The van der Waals surface area contributed by atoms with Crippen molar-refractivity contribution in [2.45, 2.75) is 32.5 Å². The molecule has 3 atom stereocenters. The van der Waals surface area contributed by atoms with E-state index in [0.717, 1.165) is 12.0 Å². The molecule has 1 aromatic carbocycles. The first-order valence-electron chi connectivity index (χ1n) is 6.28. The van der Waals surface area contributed by atoms with Crippen molar-refractivity contribution in [2.24, 2.45) is 5.92 Å². The molecule has 2 rings (SSSR count). The Hall–Kier alpha value is -1.39. The molecule has 1 amide bonds. The first-order valence-corrected chi connectivity index (χ1v) is 6.28. The summed E-state index contributed by atoms with van der Waals surface area (Å²) in [6.07, 6.45) is 0.0231. The summed E-state index contributed by atoms with van der Waals surface area (Å²) in [6.45, 7) is 4.36. The van der Waals surface area contributed by atoms with Gasteiger partial charge in [0.2, 0.25) is 0 Å². The predicted molar refractivity (Wildman–Crippen MR) is 69.2 cm³/mol. The van der Waals surface area contributed by atoms with Crippen LogP contribution in [0.5, 0.6) is 0 Å². The third-order valence-electron chi connectivity index (χ3n) is 3.28. The Kier molecular flexibility index (Phi) is 3.99. The van der Waals surface area contributed by atoms with Crippen LogP contribution in [0.3, 0.4) is 0 Å². The highest BCUT2D eigenvalue weighted by molar-refractivity contribution is 5.94. The fourth-order valence-corrected chi connectivity index (χ4v) is 2.12. The van der Waals surface area contributed by atoms with E-state index in [4.69, 9.17) is 4.74 Å². The molecule has 4 heteroatoms. The molecule has 0 bridgehead atoms. The standard InChI is InChI=1S/C14H19NO3/c1-9-6-7-18-13(9)14(17)15-12-5-3-4-11(8-12)10(2)16/h3-5,8-10,13,16H,6-7H2,1-2H3,(H,15,17). The maximum Gasteiger partial charge on any atom is 0.253 e. The van der Waals surface area contributed by atoms with Gasteiger partial charge in [-0.1, -0.05) is 19.1 Å². The summed E-state index contributed by atoms with van der Waals surface area (Å²) in [5.74, 6) is 0.146. The van der Waals surface area contributed by atoms with Crippen LogP contribution >= 0.6 is 0 Å². The lowest BCUT2D eigenvalue weighted by atomic mass is 10.0. The van der Waals surface area contributed by atoms with Gasteiger partial charge in [-0.3, -0.25) is 4.79 Å². The Balaban J connectivity index is 2.04. The number of aliphatic hydroxyl groups excluding tert-OH is 1. The molecule has 1 aliphatic heterocycles. The molecule has 1 fully saturated rings. The quantitative estimate of drug-likeness (QED) is 0.862. The van der Waals surface area contributed by atoms with Crippen molar-refractivity contribution >= 4 is 11.6 Å². The molecule has 0 saturated carbocycles. The number of anilines is 1. The zero-order valence-electron chi connectivity index (χ0n) is 10.7. The van der Waals surface area contributed by atoms with E-state index in [2.05, 4.69) is 5.32 Å². The van der Waals surface area contributed by atoms with E-state index in [1.807, 2.05) is 25.1 Å². The molecule has 0 spiro atoms. The van der Waals surface area contributed by atoms with Crippen molar-refractivity contribution in [3.05, 3.63) is 29.8 Å². The summed E-state index contributed by atoms with van der Waals surface area (Å²) in [5.41, 5.74) is 1.48. The van der Waals surface area contributed by atoms with Gasteiger partial charge in [0.05, 0.1) is 6.10 Å². The Bertz CT molecular complexity index is 431. The van der Waals surface area contributed by atoms with E-state index in [1.54, 1.807) is 13.0 Å². The van der Waals surface area contributed by atoms with Crippen LogP contribution in [0, 0.1) is 5.92 Å². The van der Waals surface area contributed by atoms with Crippen molar-refractivity contribution in [1.29, 1.82) is 0 Å². The second kappa shape index (κ2) is 5.50. The highest BCUT2D eigenvalue weighted by Crippen LogP contribution is 2.22. The highest BCUT2D eigenvalue weighted by atomic mass is 16.5. The molecule has 4 nitrogen and oxygen atoms in total. The molecule has 18 heavy (non-hydrogen) atoms. The van der Waals surface area contributed by atoms with Gasteiger partial charge in [-0.2, -0.15) is 0 Å². The van der Waals surface area contributed by atoms with Gasteiger partial charge in [0.15, 0.2) is 0 Å². The predicted octanol–water partition coefficient (Wildman–Crippen LogP) is 2.10. The van der Waals surface area contributed by atoms with Gasteiger partial charge in [0.25, 0.3) is 5.91 Å². The molecule has 1 aliphatic rings. The summed E-state index contributed by atoms with van der Waals surface area (Å²) in [7, 11) is 0. The normalized spacial score (nSPS) is 24.8. The number of carbonyl (C=O) groups is 1. The van der Waals surface area contributed by atoms with Gasteiger partial charge in [-0.05, 0) is 37.0 Å². The van der Waals surface area contributed by atoms with E-state index < -0.39 is 6.10 Å². The van der Waals surface area contributed by atoms with Crippen molar-refractivity contribution < 1.29 is 14.6 Å². The van der Waals surface area contributed by atoms with E-state index in [-0.39, 0.29) is 17.9 Å². The zero-order valence-corrected chi connectivity index (χ0v) is 10.7. The fourth-order valence-electron chi connectivity index (χ4n) is 2.12. The Morgan fingerprint density at radius 2 is 2.33 bits per heavy atom. The number of benzene rings is 1. The minimum Gasteiger partial charge on any atom is -0.389 e. The van der Waals surface area contributed by atoms with E-state index in [0.29, 0.717) is 12.3 Å². The van der Waals surface area contributed by atoms with Crippen LogP contribution in [-0.2, 0) is 9.53 Å². The van der Waals surface area contributed by atoms with E-state index in [9.17, 15) is 9.90 Å². The maximum atomic E-state index is 12.0. The number of amides is 1. The minimum absolute atomic E-state index is 0.109. The summed E-state index contributed by atoms with van der Waals surface area (Å²) >= 11 is 0. The van der Waals surface area contributed by atoms with Crippen LogP contribution in [0.15, 0.2) is 24.3 Å². The van der Waals surface area contributed by atoms with Gasteiger partial charge in [0, 0.05) is 12.3 Å². The average Bonchev–Trinajstić information content (AvgIpc) is 2.76. The molecule has 1 saturated heterocycles. The van der Waals surface area contributed by atoms with Crippen LogP contribution in [0.1, 0.15) is 31.9 Å². The third kappa shape index (κ3) is 2.89. The number of nitrogens with one attached hydrogen (secondary N) is 1. The van der Waals surface area contributed by atoms with Crippen LogP contribution in [0.4, 0.5) is 5.69 Å². The summed E-state index contributed by atoms with van der Waals surface area (Å²) in [4.78, 5) is 12.0. The molecule has 0 aromatic heterocycles. The van der Waals surface area contributed by atoms with Crippen LogP contribution in [-0.4, -0.2) is 23.7 Å². The SMILES string of the molecule is CC(O)c1cccc(NC(=O)C2OCCC2C)c1. The Labute approximate surface area is 107 Å². The molecule has 98 valence electrons. The number of carbonyl (C=O) groups excluding carboxylic acids is 1. The smallest absolute Gasteiger partial charge is 0.253 e. The maximum absolute atomic E-state index is 12.0. The average molecular weight is 249 g/mol. The number of aliphatic hydroxyl groups is 1. The number of hydrogen-bond donors (Lipinski definition) is 2. The molecule has 0 radical (unpaired) electrons. The van der Waals surface area contributed by atoms with Gasteiger partial charge in [-0.15, -0.1) is 0 Å². The molecule has 2 N–H and O–H groups in total. The molecule has 1 heterocycles. The van der Waals surface area contributed by atoms with Crippen molar-refractivity contribution in [3.8, 4) is 0 Å². The van der Waals surface area contributed by atoms with Crippen molar-refractivity contribution in [2.75, 3.05) is 11.9 Å². The third-order valence-corrected chi connectivity index (χ3v) is 3.28. The van der Waals surface area contributed by atoms with Crippen LogP contribution in [0.25, 0.3) is 0 Å². The largest absolute Gasteiger partial charge is 0.389 e. The second-order valence-corrected chi connectivity index (χ2v) is 4.85. The zero-order chi connectivity index (χ0) is 13.1. The van der Waals surface area contributed by atoms with Gasteiger partial charge in [0.1, 0.15) is 6.10 Å². The summed E-state index contributed by atoms with van der Waals surface area (Å²) < 4.78 is 5.42. The monoisotopic (exact) mass is 249 g/mol. The van der Waals surface area contributed by atoms with Gasteiger partial charge < -0.3 is 15.2 Å². The van der Waals surface area contributed by atoms with Gasteiger partial charge in [-0.25, -0.2) is 0 Å². The second-order valence-electron chi connectivity index (χ2n) is 4.85. The van der Waals surface area contributed by atoms with Crippen LogP contribution in [0.2, 0.25) is 0 Å². The number of hydrogen-bond acceptors (Lipinski definition) is 3. The molecule has 0 aliphatic carbocycles. The molecular weight excluding hydrogens is 230 g/mol. The first kappa shape index (κ1) is 13.1. The number of rotatable bonds is 3. The van der Waals surface area contributed by atoms with Crippen LogP contribution < -0.4 is 5.32 Å². The Morgan fingerprint density at radius 1 is 1.56 bits per heavy atom. The van der Waals surface area contributed by atoms with Crippen molar-refractivity contribution in [3.63, 3.8) is 0 Å². The minimum atomic E-state index is -0.538. The lowest BCUT2D eigenvalue weighted by Gasteiger charge is -2.15. The van der Waals surface area contributed by atoms with Gasteiger partial charge >= 0.3 is 0 Å². The lowest BCUT2D eigenvalue weighted by molar-refractivity contribution is -0.126. The first-order chi connectivity index (χ1) is 8.58. The topological polar surface area (TPSA) is 58.6 Å². The summed E-state index contributed by atoms with van der Waals surface area (Å²) in [6, 6.07) is 7.23. The van der Waals surface area contributed by atoms with E-state index >= 15 is 0 Å². The molecule has 3 unspecified atom stereocenters. The fraction of sp³-hybridized carbons (Fsp3) is 0.500. The molecule has 1 aromatic rings. The molecular formula is C14H19NO3. The highest BCUT2D eigenvalue weighted by Gasteiger charge is 2.30. The lowest BCUT2D eigenvalue weighted by Crippen LogP contribution is -2.31. The van der Waals surface area contributed by atoms with E-state index in [1.165, 1.54) is 0 Å². The number of ether oxygens (including phenoxy) is 1.